The van der Waals surface area contributed by atoms with Crippen LogP contribution in [-0.4, -0.2) is 92.9 Å². The van der Waals surface area contributed by atoms with Crippen LogP contribution in [0.25, 0.3) is 0 Å². The van der Waals surface area contributed by atoms with Gasteiger partial charge in [-0.2, -0.15) is 0 Å². The normalized spacial score (nSPS) is 23.8. The lowest BCUT2D eigenvalue weighted by Gasteiger charge is -2.55. The van der Waals surface area contributed by atoms with Gasteiger partial charge >= 0.3 is 5.97 Å². The second-order valence-electron chi connectivity index (χ2n) is 6.64. The molecule has 3 rings (SSSR count). The Morgan fingerprint density at radius 3 is 2.73 bits per heavy atom. The van der Waals surface area contributed by atoms with Gasteiger partial charge in [-0.25, -0.2) is 17.9 Å². The van der Waals surface area contributed by atoms with Gasteiger partial charge in [0.25, 0.3) is 11.6 Å². The number of rotatable bonds is 8. The molecule has 1 saturated heterocycles. The zero-order valence-corrected chi connectivity index (χ0v) is 18.6. The molecule has 2 atom stereocenters. The highest BCUT2D eigenvalue weighted by Gasteiger charge is 2.66. The number of sulfone groups is 1. The smallest absolute Gasteiger partial charge is 0.352 e. The lowest BCUT2D eigenvalue weighted by Crippen LogP contribution is -2.81. The molecule has 0 aromatic carbocycles. The van der Waals surface area contributed by atoms with Crippen LogP contribution in [0.15, 0.2) is 22.5 Å². The fraction of sp³-hybridized carbons (Fsp3) is 0.533. The van der Waals surface area contributed by atoms with Gasteiger partial charge in [-0.15, -0.1) is 28.6 Å². The van der Waals surface area contributed by atoms with E-state index in [0.717, 1.165) is 16.2 Å². The van der Waals surface area contributed by atoms with Crippen molar-refractivity contribution in [2.24, 2.45) is 7.05 Å². The number of fused-ring (bicyclic) bond motifs is 1. The largest absolute Gasteiger partial charge is 0.477 e. The van der Waals surface area contributed by atoms with Gasteiger partial charge in [0, 0.05) is 31.9 Å². The minimum absolute atomic E-state index is 0.170. The number of β-lactam (4-membered cyclic amide) rings is 1. The number of hydrogen-bond donors (Lipinski definition) is 2. The fourth-order valence-electron chi connectivity index (χ4n) is 3.11. The predicted molar refractivity (Wildman–Crippen MR) is 107 cm³/mol. The van der Waals surface area contributed by atoms with E-state index >= 15 is 0 Å². The molecule has 30 heavy (non-hydrogen) atoms. The highest BCUT2D eigenvalue weighted by Crippen LogP contribution is 2.47. The Labute approximate surface area is 180 Å². The van der Waals surface area contributed by atoms with Crippen LogP contribution >= 0.6 is 23.5 Å². The number of aryl methyl sites for hydroxylation is 1. The molecule has 1 aromatic heterocycles. The number of aliphatic carboxylic acids is 1. The molecule has 2 amide bonds. The van der Waals surface area contributed by atoms with Crippen molar-refractivity contribution in [3.8, 4) is 0 Å². The average Bonchev–Trinajstić information content (AvgIpc) is 3.06. The van der Waals surface area contributed by atoms with Gasteiger partial charge in [0.05, 0.1) is 6.20 Å². The average molecular weight is 478 g/mol. The molecule has 0 bridgehead atoms. The van der Waals surface area contributed by atoms with E-state index in [1.807, 2.05) is 0 Å². The first-order chi connectivity index (χ1) is 14.0. The molecule has 1 fully saturated rings. The standard InChI is InChI=1S/C15H19N5O7S3/c1-19-10(4-16-18-19)28-5-8-6-29-14-15(27-2,17-9(21)7-30(3,25)26)13(24)20(14)11(8)12(22)23/h4,14H,5-7H2,1-3H3,(H,17,21)(H,22,23)/t14-,15+/m1/s1. The quantitative estimate of drug-likeness (QED) is 0.259. The Hall–Kier alpha value is -2.10. The maximum Gasteiger partial charge on any atom is 0.352 e. The first-order valence-corrected chi connectivity index (χ1v) is 12.5. The fourth-order valence-corrected chi connectivity index (χ4v) is 6.13. The van der Waals surface area contributed by atoms with Crippen molar-refractivity contribution in [2.75, 3.05) is 30.6 Å². The van der Waals surface area contributed by atoms with E-state index < -0.39 is 44.5 Å². The number of nitrogens with one attached hydrogen (secondary N) is 1. The third kappa shape index (κ3) is 4.06. The van der Waals surface area contributed by atoms with Gasteiger partial charge in [-0.05, 0) is 5.57 Å². The molecular formula is C15H19N5O7S3. The first kappa shape index (κ1) is 22.6. The maximum atomic E-state index is 12.9. The SMILES string of the molecule is CO[C@@]1(NC(=O)CS(C)(=O)=O)C(=O)N2C(C(=O)O)=C(CSc3cnnn3C)CS[C@@H]21. The van der Waals surface area contributed by atoms with Crippen LogP contribution in [0.1, 0.15) is 0 Å². The first-order valence-electron chi connectivity index (χ1n) is 8.42. The van der Waals surface area contributed by atoms with Crippen molar-refractivity contribution in [3.05, 3.63) is 17.5 Å². The van der Waals surface area contributed by atoms with Crippen LogP contribution in [0, 0.1) is 0 Å². The molecule has 2 aliphatic heterocycles. The summed E-state index contributed by atoms with van der Waals surface area (Å²) in [6.45, 7) is 0. The third-order valence-corrected chi connectivity index (χ3v) is 7.74. The molecule has 2 aliphatic rings. The Morgan fingerprint density at radius 1 is 1.50 bits per heavy atom. The number of carbonyl (C=O) groups excluding carboxylic acids is 2. The number of carboxylic acid groups (broad SMARTS) is 1. The van der Waals surface area contributed by atoms with E-state index in [-0.39, 0.29) is 11.4 Å². The van der Waals surface area contributed by atoms with Crippen LogP contribution in [0.3, 0.4) is 0 Å². The van der Waals surface area contributed by atoms with E-state index in [4.69, 9.17) is 4.74 Å². The summed E-state index contributed by atoms with van der Waals surface area (Å²) in [5, 5.41) is 19.5. The summed E-state index contributed by atoms with van der Waals surface area (Å²) in [5.74, 6) is -3.19. The molecule has 0 unspecified atom stereocenters. The number of amides is 2. The summed E-state index contributed by atoms with van der Waals surface area (Å²) in [6.07, 6.45) is 2.44. The Kier molecular flexibility index (Phi) is 6.18. The topological polar surface area (TPSA) is 161 Å². The molecule has 0 aliphatic carbocycles. The Bertz CT molecular complexity index is 1040. The summed E-state index contributed by atoms with van der Waals surface area (Å²) in [4.78, 5) is 38.0. The molecule has 3 heterocycles. The maximum absolute atomic E-state index is 12.9. The van der Waals surface area contributed by atoms with Crippen molar-refractivity contribution in [2.45, 2.75) is 16.1 Å². The summed E-state index contributed by atoms with van der Waals surface area (Å²) >= 11 is 2.55. The molecule has 15 heteroatoms. The summed E-state index contributed by atoms with van der Waals surface area (Å²) in [6, 6.07) is 0. The van der Waals surface area contributed by atoms with Crippen molar-refractivity contribution in [3.63, 3.8) is 0 Å². The van der Waals surface area contributed by atoms with Crippen molar-refractivity contribution in [1.29, 1.82) is 0 Å². The van der Waals surface area contributed by atoms with E-state index in [1.54, 1.807) is 17.9 Å². The lowest BCUT2D eigenvalue weighted by molar-refractivity contribution is -0.192. The lowest BCUT2D eigenvalue weighted by atomic mass is 9.98. The number of ether oxygens (including phenoxy) is 1. The minimum Gasteiger partial charge on any atom is -0.477 e. The van der Waals surface area contributed by atoms with E-state index in [0.29, 0.717) is 11.3 Å². The van der Waals surface area contributed by atoms with Crippen LogP contribution in [0.5, 0.6) is 0 Å². The number of carboxylic acids is 1. The molecule has 164 valence electrons. The van der Waals surface area contributed by atoms with Crippen LogP contribution in [0.2, 0.25) is 0 Å². The van der Waals surface area contributed by atoms with Gasteiger partial charge < -0.3 is 15.2 Å². The van der Waals surface area contributed by atoms with Crippen molar-refractivity contribution < 1.29 is 32.6 Å². The van der Waals surface area contributed by atoms with Crippen molar-refractivity contribution >= 4 is 51.1 Å². The summed E-state index contributed by atoms with van der Waals surface area (Å²) in [7, 11) is -0.715. The predicted octanol–water partition coefficient (Wildman–Crippen LogP) is -1.34. The zero-order valence-electron chi connectivity index (χ0n) is 16.2. The van der Waals surface area contributed by atoms with Crippen LogP contribution in [0.4, 0.5) is 0 Å². The minimum atomic E-state index is -3.62. The van der Waals surface area contributed by atoms with Crippen molar-refractivity contribution in [1.82, 2.24) is 25.2 Å². The number of carbonyl (C=O) groups is 3. The molecule has 0 saturated carbocycles. The van der Waals surface area contributed by atoms with Gasteiger partial charge in [0.15, 0.2) is 9.84 Å². The monoisotopic (exact) mass is 477 g/mol. The highest BCUT2D eigenvalue weighted by molar-refractivity contribution is 8.01. The van der Waals surface area contributed by atoms with Crippen LogP contribution in [-0.2, 0) is 36.0 Å². The molecule has 0 radical (unpaired) electrons. The molecule has 2 N–H and O–H groups in total. The van der Waals surface area contributed by atoms with Gasteiger partial charge in [-0.3, -0.25) is 14.5 Å². The summed E-state index contributed by atoms with van der Waals surface area (Å²) < 4.78 is 29.5. The second-order valence-corrected chi connectivity index (χ2v) is 10.8. The van der Waals surface area contributed by atoms with Gasteiger partial charge in [0.2, 0.25) is 5.91 Å². The van der Waals surface area contributed by atoms with Crippen LogP contribution < -0.4 is 5.32 Å². The Balaban J connectivity index is 1.83. The number of aromatic nitrogens is 3. The summed E-state index contributed by atoms with van der Waals surface area (Å²) in [5.41, 5.74) is -1.47. The van der Waals surface area contributed by atoms with E-state index in [9.17, 15) is 27.9 Å². The van der Waals surface area contributed by atoms with E-state index in [2.05, 4.69) is 15.6 Å². The number of hydrogen-bond acceptors (Lipinski definition) is 10. The number of thioether (sulfide) groups is 2. The Morgan fingerprint density at radius 2 is 2.20 bits per heavy atom. The van der Waals surface area contributed by atoms with Gasteiger partial charge in [-0.1, -0.05) is 5.21 Å². The van der Waals surface area contributed by atoms with Gasteiger partial charge in [0.1, 0.15) is 21.8 Å². The molecule has 0 spiro atoms. The molecule has 12 nitrogen and oxygen atoms in total. The highest BCUT2D eigenvalue weighted by atomic mass is 32.2. The zero-order chi connectivity index (χ0) is 22.3. The number of methoxy groups -OCH3 is 1. The number of nitrogens with zero attached hydrogens (tertiary/aromatic N) is 4. The molecular weight excluding hydrogens is 458 g/mol. The van der Waals surface area contributed by atoms with E-state index in [1.165, 1.54) is 30.6 Å². The third-order valence-electron chi connectivity index (χ3n) is 4.42. The molecule has 1 aromatic rings. The second kappa shape index (κ2) is 8.20.